The summed E-state index contributed by atoms with van der Waals surface area (Å²) < 4.78 is 15.7. The number of amides is 1. The summed E-state index contributed by atoms with van der Waals surface area (Å²) in [4.78, 5) is 25.9. The van der Waals surface area contributed by atoms with Crippen molar-refractivity contribution in [2.75, 3.05) is 50.7 Å². The molecule has 0 radical (unpaired) electrons. The second-order valence-electron chi connectivity index (χ2n) is 6.91. The largest absolute Gasteiger partial charge is 0.493 e. The number of methoxy groups -OCH3 is 2. The lowest BCUT2D eigenvalue weighted by Gasteiger charge is -2.30. The Kier molecular flexibility index (Phi) is 7.71. The van der Waals surface area contributed by atoms with E-state index in [9.17, 15) is 20.2 Å². The maximum atomic E-state index is 12.9. The second kappa shape index (κ2) is 10.7. The molecular weight excluding hydrogens is 452 g/mol. The zero-order chi connectivity index (χ0) is 24.0. The number of nitriles is 1. The molecule has 10 nitrogen and oxygen atoms in total. The molecule has 1 fully saturated rings. The molecule has 1 N–H and O–H groups in total. The number of anilines is 2. The third kappa shape index (κ3) is 5.52. The van der Waals surface area contributed by atoms with Crippen molar-refractivity contribution < 1.29 is 23.9 Å². The predicted octanol–water partition coefficient (Wildman–Crippen LogP) is 3.65. The van der Waals surface area contributed by atoms with E-state index in [4.69, 9.17) is 25.8 Å². The lowest BCUT2D eigenvalue weighted by atomic mass is 10.1. The number of benzene rings is 2. The first kappa shape index (κ1) is 23.8. The number of halogens is 1. The van der Waals surface area contributed by atoms with Crippen LogP contribution in [0.2, 0.25) is 5.02 Å². The lowest BCUT2D eigenvalue weighted by Crippen LogP contribution is -2.36. The Morgan fingerprint density at radius 2 is 1.91 bits per heavy atom. The third-order valence-corrected chi connectivity index (χ3v) is 5.19. The van der Waals surface area contributed by atoms with Crippen molar-refractivity contribution in [3.8, 4) is 17.6 Å². The highest BCUT2D eigenvalue weighted by Gasteiger charge is 2.22. The molecular formula is C22H21ClN4O6. The molecule has 0 aromatic heterocycles. The van der Waals surface area contributed by atoms with Crippen LogP contribution in [-0.2, 0) is 9.53 Å². The summed E-state index contributed by atoms with van der Waals surface area (Å²) in [6.45, 7) is 2.34. The van der Waals surface area contributed by atoms with E-state index in [0.717, 1.165) is 11.8 Å². The van der Waals surface area contributed by atoms with Crippen LogP contribution in [0.3, 0.4) is 0 Å². The minimum Gasteiger partial charge on any atom is -0.493 e. The van der Waals surface area contributed by atoms with Gasteiger partial charge in [0.05, 0.1) is 55.4 Å². The van der Waals surface area contributed by atoms with Crippen LogP contribution in [0.5, 0.6) is 11.5 Å². The number of ether oxygens (including phenoxy) is 3. The number of nitro groups is 1. The van der Waals surface area contributed by atoms with Gasteiger partial charge in [0, 0.05) is 18.1 Å². The van der Waals surface area contributed by atoms with Crippen LogP contribution < -0.4 is 19.7 Å². The van der Waals surface area contributed by atoms with Gasteiger partial charge in [0.1, 0.15) is 11.6 Å². The average Bonchev–Trinajstić information content (AvgIpc) is 2.82. The van der Waals surface area contributed by atoms with E-state index in [0.29, 0.717) is 37.0 Å². The van der Waals surface area contributed by atoms with Gasteiger partial charge in [-0.25, -0.2) is 0 Å². The van der Waals surface area contributed by atoms with Crippen LogP contribution in [0, 0.1) is 21.4 Å². The zero-order valence-electron chi connectivity index (χ0n) is 18.0. The van der Waals surface area contributed by atoms with Crippen LogP contribution in [-0.4, -0.2) is 51.4 Å². The van der Waals surface area contributed by atoms with E-state index in [1.807, 2.05) is 4.90 Å². The molecule has 172 valence electrons. The van der Waals surface area contributed by atoms with Crippen LogP contribution in [0.15, 0.2) is 35.9 Å². The number of hydrogen-bond donors (Lipinski definition) is 1. The first-order valence-corrected chi connectivity index (χ1v) is 10.2. The molecule has 1 aliphatic rings. The van der Waals surface area contributed by atoms with E-state index in [1.165, 1.54) is 26.4 Å². The molecule has 3 rings (SSSR count). The van der Waals surface area contributed by atoms with Gasteiger partial charge in [0.15, 0.2) is 11.5 Å². The maximum absolute atomic E-state index is 12.9. The second-order valence-corrected chi connectivity index (χ2v) is 7.34. The maximum Gasteiger partial charge on any atom is 0.280 e. The van der Waals surface area contributed by atoms with Crippen LogP contribution in [0.4, 0.5) is 17.1 Å². The van der Waals surface area contributed by atoms with E-state index < -0.39 is 10.8 Å². The van der Waals surface area contributed by atoms with Crippen LogP contribution in [0.25, 0.3) is 6.08 Å². The van der Waals surface area contributed by atoms with Crippen molar-refractivity contribution >= 4 is 40.6 Å². The first-order valence-electron chi connectivity index (χ1n) is 9.83. The third-order valence-electron chi connectivity index (χ3n) is 4.95. The summed E-state index contributed by atoms with van der Waals surface area (Å²) in [7, 11) is 2.73. The van der Waals surface area contributed by atoms with Crippen molar-refractivity contribution in [3.63, 3.8) is 0 Å². The Balaban J connectivity index is 1.97. The van der Waals surface area contributed by atoms with Crippen LogP contribution >= 0.6 is 11.6 Å². The van der Waals surface area contributed by atoms with E-state index in [2.05, 4.69) is 5.32 Å². The molecule has 1 heterocycles. The van der Waals surface area contributed by atoms with Gasteiger partial charge in [0.25, 0.3) is 11.6 Å². The fourth-order valence-electron chi connectivity index (χ4n) is 3.34. The van der Waals surface area contributed by atoms with Gasteiger partial charge in [-0.15, -0.1) is 0 Å². The molecule has 1 saturated heterocycles. The number of carbonyl (C=O) groups excluding carboxylic acids is 1. The van der Waals surface area contributed by atoms with Gasteiger partial charge < -0.3 is 24.4 Å². The monoisotopic (exact) mass is 472 g/mol. The molecule has 1 aliphatic heterocycles. The summed E-state index contributed by atoms with van der Waals surface area (Å²) in [5.74, 6) is -0.367. The highest BCUT2D eigenvalue weighted by atomic mass is 35.5. The number of nitrogens with one attached hydrogen (secondary N) is 1. The molecule has 0 bridgehead atoms. The average molecular weight is 473 g/mol. The Bertz CT molecular complexity index is 1140. The highest BCUT2D eigenvalue weighted by molar-refractivity contribution is 6.31. The molecule has 0 unspecified atom stereocenters. The quantitative estimate of drug-likeness (QED) is 0.280. The molecule has 0 atom stereocenters. The van der Waals surface area contributed by atoms with Gasteiger partial charge in [0.2, 0.25) is 0 Å². The number of nitro benzene ring substituents is 1. The highest BCUT2D eigenvalue weighted by Crippen LogP contribution is 2.36. The SMILES string of the molecule is COc1cc(/C=C(\C#N)C(=O)Nc2cc(Cl)ccc2N2CCOCC2)c([N+](=O)[O-])cc1OC. The topological polar surface area (TPSA) is 127 Å². The van der Waals surface area contributed by atoms with E-state index in [1.54, 1.807) is 24.3 Å². The Labute approximate surface area is 195 Å². The zero-order valence-corrected chi connectivity index (χ0v) is 18.7. The Morgan fingerprint density at radius 3 is 2.52 bits per heavy atom. The normalized spacial score (nSPS) is 13.8. The Morgan fingerprint density at radius 1 is 1.24 bits per heavy atom. The van der Waals surface area contributed by atoms with E-state index in [-0.39, 0.29) is 28.3 Å². The number of rotatable bonds is 7. The summed E-state index contributed by atoms with van der Waals surface area (Å²) in [5, 5.41) is 24.3. The fourth-order valence-corrected chi connectivity index (χ4v) is 3.51. The van der Waals surface area contributed by atoms with Gasteiger partial charge in [-0.1, -0.05) is 11.6 Å². The summed E-state index contributed by atoms with van der Waals surface area (Å²) in [5.41, 5.74) is 0.481. The van der Waals surface area contributed by atoms with Crippen molar-refractivity contribution in [1.29, 1.82) is 5.26 Å². The first-order chi connectivity index (χ1) is 15.9. The summed E-state index contributed by atoms with van der Waals surface area (Å²) >= 11 is 6.13. The molecule has 11 heteroatoms. The van der Waals surface area contributed by atoms with Gasteiger partial charge >= 0.3 is 0 Å². The summed E-state index contributed by atoms with van der Waals surface area (Å²) in [6, 6.07) is 9.37. The molecule has 0 saturated carbocycles. The lowest BCUT2D eigenvalue weighted by molar-refractivity contribution is -0.385. The Hall–Kier alpha value is -3.81. The number of carbonyl (C=O) groups is 1. The van der Waals surface area contributed by atoms with Crippen molar-refractivity contribution in [2.24, 2.45) is 0 Å². The van der Waals surface area contributed by atoms with Crippen LogP contribution in [0.1, 0.15) is 5.56 Å². The minimum atomic E-state index is -0.738. The smallest absolute Gasteiger partial charge is 0.280 e. The standard InChI is InChI=1S/C22H21ClN4O6/c1-31-20-10-14(19(27(29)30)12-21(20)32-2)9-15(13-24)22(28)25-17-11-16(23)3-4-18(17)26-5-7-33-8-6-26/h3-4,9-12H,5-8H2,1-2H3,(H,25,28)/b15-9+. The summed E-state index contributed by atoms with van der Waals surface area (Å²) in [6.07, 6.45) is 1.13. The molecule has 1 amide bonds. The molecule has 0 spiro atoms. The number of hydrogen-bond acceptors (Lipinski definition) is 8. The van der Waals surface area contributed by atoms with E-state index >= 15 is 0 Å². The molecule has 0 aliphatic carbocycles. The fraction of sp³-hybridized carbons (Fsp3) is 0.273. The number of nitrogens with zero attached hydrogens (tertiary/aromatic N) is 3. The minimum absolute atomic E-state index is 0.0175. The predicted molar refractivity (Wildman–Crippen MR) is 123 cm³/mol. The van der Waals surface area contributed by atoms with Crippen molar-refractivity contribution in [2.45, 2.75) is 0 Å². The van der Waals surface area contributed by atoms with Gasteiger partial charge in [-0.2, -0.15) is 5.26 Å². The van der Waals surface area contributed by atoms with Crippen molar-refractivity contribution in [3.05, 3.63) is 56.6 Å². The number of morpholine rings is 1. The molecule has 2 aromatic carbocycles. The molecule has 33 heavy (non-hydrogen) atoms. The molecule has 2 aromatic rings. The van der Waals surface area contributed by atoms with Gasteiger partial charge in [-0.05, 0) is 30.3 Å². The van der Waals surface area contributed by atoms with Gasteiger partial charge in [-0.3, -0.25) is 14.9 Å². The van der Waals surface area contributed by atoms with Crippen molar-refractivity contribution in [1.82, 2.24) is 0 Å².